The van der Waals surface area contributed by atoms with Gasteiger partial charge in [-0.05, 0) is 12.8 Å². The van der Waals surface area contributed by atoms with Crippen LogP contribution in [0, 0.1) is 0 Å². The normalized spacial score (nSPS) is 37.3. The Morgan fingerprint density at radius 3 is 2.37 bits per heavy atom. The van der Waals surface area contributed by atoms with E-state index in [4.69, 9.17) is 14.6 Å². The lowest BCUT2D eigenvalue weighted by atomic mass is 9.99. The van der Waals surface area contributed by atoms with Gasteiger partial charge in [-0.2, -0.15) is 0 Å². The number of hydrogen-bond donors (Lipinski definition) is 5. The molecule has 0 spiro atoms. The first-order chi connectivity index (χ1) is 9.01. The third-order valence-corrected chi connectivity index (χ3v) is 3.20. The van der Waals surface area contributed by atoms with Gasteiger partial charge in [0.25, 0.3) is 0 Å². The highest BCUT2D eigenvalue weighted by Gasteiger charge is 2.43. The van der Waals surface area contributed by atoms with Gasteiger partial charge in [-0.3, -0.25) is 0 Å². The van der Waals surface area contributed by atoms with Crippen molar-refractivity contribution in [2.24, 2.45) is 0 Å². The quantitative estimate of drug-likeness (QED) is 0.379. The summed E-state index contributed by atoms with van der Waals surface area (Å²) in [6, 6.07) is 0. The maximum atomic E-state index is 9.69. The molecule has 1 fully saturated rings. The molecule has 1 rings (SSSR count). The molecule has 0 bridgehead atoms. The van der Waals surface area contributed by atoms with E-state index in [9.17, 15) is 20.4 Å². The number of ether oxygens (including phenoxy) is 2. The third-order valence-electron chi connectivity index (χ3n) is 3.20. The molecule has 1 heterocycles. The molecule has 7 nitrogen and oxygen atoms in total. The molecule has 1 aliphatic heterocycles. The van der Waals surface area contributed by atoms with Gasteiger partial charge in [0.15, 0.2) is 6.29 Å². The van der Waals surface area contributed by atoms with E-state index in [0.717, 1.165) is 6.42 Å². The molecule has 0 aromatic heterocycles. The highest BCUT2D eigenvalue weighted by Crippen LogP contribution is 2.22. The number of aliphatic hydroxyl groups excluding tert-OH is 5. The molecule has 0 aromatic carbocycles. The predicted octanol–water partition coefficient (Wildman–Crippen LogP) is -1.65. The van der Waals surface area contributed by atoms with Crippen molar-refractivity contribution in [1.82, 2.24) is 0 Å². The third kappa shape index (κ3) is 4.64. The Bertz CT molecular complexity index is 248. The van der Waals surface area contributed by atoms with Crippen LogP contribution in [0.25, 0.3) is 0 Å². The monoisotopic (exact) mass is 280 g/mol. The van der Waals surface area contributed by atoms with Crippen LogP contribution < -0.4 is 0 Å². The first kappa shape index (κ1) is 16.8. The van der Waals surface area contributed by atoms with Crippen LogP contribution in [0.3, 0.4) is 0 Å². The van der Waals surface area contributed by atoms with Crippen molar-refractivity contribution in [2.75, 3.05) is 13.2 Å². The van der Waals surface area contributed by atoms with Gasteiger partial charge in [-0.1, -0.05) is 13.3 Å². The highest BCUT2D eigenvalue weighted by molar-refractivity contribution is 4.88. The van der Waals surface area contributed by atoms with E-state index in [1.54, 1.807) is 0 Å². The topological polar surface area (TPSA) is 120 Å². The molecule has 1 aliphatic rings. The van der Waals surface area contributed by atoms with Crippen LogP contribution in [0.4, 0.5) is 0 Å². The summed E-state index contributed by atoms with van der Waals surface area (Å²) in [4.78, 5) is 0. The van der Waals surface area contributed by atoms with E-state index < -0.39 is 43.4 Å². The highest BCUT2D eigenvalue weighted by atomic mass is 16.7. The summed E-state index contributed by atoms with van der Waals surface area (Å²) >= 11 is 0. The summed E-state index contributed by atoms with van der Waals surface area (Å²) < 4.78 is 10.4. The fraction of sp³-hybridized carbons (Fsp3) is 1.00. The Hall–Kier alpha value is -0.280. The van der Waals surface area contributed by atoms with Crippen LogP contribution in [-0.4, -0.2) is 75.6 Å². The smallest absolute Gasteiger partial charge is 0.186 e. The molecule has 6 unspecified atom stereocenters. The lowest BCUT2D eigenvalue weighted by molar-refractivity contribution is -0.301. The van der Waals surface area contributed by atoms with E-state index in [2.05, 4.69) is 0 Å². The van der Waals surface area contributed by atoms with Crippen LogP contribution in [-0.2, 0) is 9.47 Å². The lowest BCUT2D eigenvalue weighted by Crippen LogP contribution is -2.59. The van der Waals surface area contributed by atoms with Crippen LogP contribution >= 0.6 is 0 Å². The molecule has 1 saturated heterocycles. The molecule has 5 N–H and O–H groups in total. The number of hydrogen-bond acceptors (Lipinski definition) is 7. The Kier molecular flexibility index (Phi) is 7.16. The Morgan fingerprint density at radius 1 is 1.11 bits per heavy atom. The second-order valence-corrected chi connectivity index (χ2v) is 4.80. The Morgan fingerprint density at radius 2 is 1.79 bits per heavy atom. The first-order valence-electron chi connectivity index (χ1n) is 6.61. The van der Waals surface area contributed by atoms with Crippen LogP contribution in [0.2, 0.25) is 0 Å². The second kappa shape index (κ2) is 8.11. The Labute approximate surface area is 112 Å². The van der Waals surface area contributed by atoms with Gasteiger partial charge < -0.3 is 35.0 Å². The SMILES string of the molecule is CCCC(O)CCOC1OC(CO)C(O)C(O)C1O. The van der Waals surface area contributed by atoms with Crippen LogP contribution in [0.15, 0.2) is 0 Å². The minimum Gasteiger partial charge on any atom is -0.394 e. The van der Waals surface area contributed by atoms with Crippen LogP contribution in [0.5, 0.6) is 0 Å². The van der Waals surface area contributed by atoms with E-state index in [0.29, 0.717) is 12.8 Å². The van der Waals surface area contributed by atoms with Crippen LogP contribution in [0.1, 0.15) is 26.2 Å². The van der Waals surface area contributed by atoms with Gasteiger partial charge in [-0.25, -0.2) is 0 Å². The largest absolute Gasteiger partial charge is 0.394 e. The van der Waals surface area contributed by atoms with E-state index in [1.807, 2.05) is 6.92 Å². The van der Waals surface area contributed by atoms with E-state index >= 15 is 0 Å². The van der Waals surface area contributed by atoms with Crippen molar-refractivity contribution in [1.29, 1.82) is 0 Å². The molecule has 19 heavy (non-hydrogen) atoms. The summed E-state index contributed by atoms with van der Waals surface area (Å²) in [7, 11) is 0. The first-order valence-corrected chi connectivity index (χ1v) is 6.61. The molecule has 0 aliphatic carbocycles. The van der Waals surface area contributed by atoms with E-state index in [-0.39, 0.29) is 6.61 Å². The molecular formula is C12H24O7. The number of aliphatic hydroxyl groups is 5. The summed E-state index contributed by atoms with van der Waals surface area (Å²) in [6.45, 7) is 1.63. The van der Waals surface area contributed by atoms with Crippen molar-refractivity contribution >= 4 is 0 Å². The maximum Gasteiger partial charge on any atom is 0.186 e. The van der Waals surface area contributed by atoms with Crippen molar-refractivity contribution in [3.8, 4) is 0 Å². The molecule has 6 atom stereocenters. The van der Waals surface area contributed by atoms with Crippen molar-refractivity contribution in [3.05, 3.63) is 0 Å². The van der Waals surface area contributed by atoms with Crippen molar-refractivity contribution < 1.29 is 35.0 Å². The summed E-state index contributed by atoms with van der Waals surface area (Å²) in [6.07, 6.45) is -4.85. The zero-order valence-electron chi connectivity index (χ0n) is 11.1. The fourth-order valence-corrected chi connectivity index (χ4v) is 2.00. The summed E-state index contributed by atoms with van der Waals surface area (Å²) in [5.74, 6) is 0. The molecule has 114 valence electrons. The molecule has 0 aromatic rings. The van der Waals surface area contributed by atoms with E-state index in [1.165, 1.54) is 0 Å². The maximum absolute atomic E-state index is 9.69. The van der Waals surface area contributed by atoms with Gasteiger partial charge in [0, 0.05) is 0 Å². The Balaban J connectivity index is 2.39. The summed E-state index contributed by atoms with van der Waals surface area (Å²) in [5.41, 5.74) is 0. The lowest BCUT2D eigenvalue weighted by Gasteiger charge is -2.39. The summed E-state index contributed by atoms with van der Waals surface area (Å²) in [5, 5.41) is 47.3. The van der Waals surface area contributed by atoms with Gasteiger partial charge in [0.2, 0.25) is 0 Å². The second-order valence-electron chi connectivity index (χ2n) is 4.80. The predicted molar refractivity (Wildman–Crippen MR) is 65.3 cm³/mol. The standard InChI is InChI=1S/C12H24O7/c1-2-3-7(14)4-5-18-12-11(17)10(16)9(15)8(6-13)19-12/h7-17H,2-6H2,1H3. The zero-order valence-corrected chi connectivity index (χ0v) is 11.1. The minimum absolute atomic E-state index is 0.157. The van der Waals surface area contributed by atoms with Gasteiger partial charge >= 0.3 is 0 Å². The van der Waals surface area contributed by atoms with Gasteiger partial charge in [0.05, 0.1) is 19.3 Å². The molecule has 0 amide bonds. The average Bonchev–Trinajstić information content (AvgIpc) is 2.39. The number of rotatable bonds is 7. The van der Waals surface area contributed by atoms with Crippen molar-refractivity contribution in [2.45, 2.75) is 63.0 Å². The van der Waals surface area contributed by atoms with Gasteiger partial charge in [0.1, 0.15) is 24.4 Å². The molecule has 0 radical (unpaired) electrons. The zero-order chi connectivity index (χ0) is 14.4. The molecular weight excluding hydrogens is 256 g/mol. The average molecular weight is 280 g/mol. The molecule has 0 saturated carbocycles. The van der Waals surface area contributed by atoms with Crippen molar-refractivity contribution in [3.63, 3.8) is 0 Å². The molecule has 7 heteroatoms. The minimum atomic E-state index is -1.43. The fourth-order valence-electron chi connectivity index (χ4n) is 2.00. The van der Waals surface area contributed by atoms with Gasteiger partial charge in [-0.15, -0.1) is 0 Å².